The predicted molar refractivity (Wildman–Crippen MR) is 89.1 cm³/mol. The van der Waals surface area contributed by atoms with E-state index in [4.69, 9.17) is 23.2 Å². The minimum absolute atomic E-state index is 0.224. The smallest absolute Gasteiger partial charge is 0.289 e. The number of nitrogens with one attached hydrogen (secondary N) is 1. The summed E-state index contributed by atoms with van der Waals surface area (Å²) in [5, 5.41) is 0.863. The second kappa shape index (κ2) is 5.63. The van der Waals surface area contributed by atoms with Gasteiger partial charge in [0.15, 0.2) is 0 Å². The number of hydrogen-bond donors (Lipinski definition) is 1. The molecule has 4 nitrogen and oxygen atoms in total. The standard InChI is InChI=1S/C16H12Cl2N2O2/c1-9-4-2-3-5-10(9)8-20-13-7-11(17)6-12(18)14(13)15(21)19-16(20)22/h2-7H,8H2,1H3,(H,19,21,22). The predicted octanol–water partition coefficient (Wildman–Crippen LogP) is 3.35. The molecule has 0 saturated heterocycles. The Labute approximate surface area is 135 Å². The molecule has 0 saturated carbocycles. The zero-order valence-electron chi connectivity index (χ0n) is 11.7. The maximum absolute atomic E-state index is 12.2. The summed E-state index contributed by atoms with van der Waals surface area (Å²) in [5.74, 6) is 0. The summed E-state index contributed by atoms with van der Waals surface area (Å²) in [7, 11) is 0. The van der Waals surface area contributed by atoms with Crippen LogP contribution >= 0.6 is 23.2 Å². The van der Waals surface area contributed by atoms with Crippen molar-refractivity contribution in [3.05, 3.63) is 78.4 Å². The number of H-pyrrole nitrogens is 1. The summed E-state index contributed by atoms with van der Waals surface area (Å²) in [6, 6.07) is 10.8. The summed E-state index contributed by atoms with van der Waals surface area (Å²) in [5.41, 5.74) is 1.47. The molecule has 0 aliphatic rings. The molecule has 1 aromatic heterocycles. The quantitative estimate of drug-likeness (QED) is 0.781. The molecule has 0 aliphatic heterocycles. The number of fused-ring (bicyclic) bond motifs is 1. The average molecular weight is 335 g/mol. The maximum Gasteiger partial charge on any atom is 0.329 e. The van der Waals surface area contributed by atoms with Crippen molar-refractivity contribution in [2.75, 3.05) is 0 Å². The molecule has 0 radical (unpaired) electrons. The molecule has 1 heterocycles. The number of rotatable bonds is 2. The van der Waals surface area contributed by atoms with E-state index in [0.29, 0.717) is 17.1 Å². The molecule has 3 aromatic rings. The third kappa shape index (κ3) is 2.56. The Morgan fingerprint density at radius 2 is 1.86 bits per heavy atom. The highest BCUT2D eigenvalue weighted by Gasteiger charge is 2.12. The van der Waals surface area contributed by atoms with E-state index < -0.39 is 11.2 Å². The lowest BCUT2D eigenvalue weighted by Gasteiger charge is -2.12. The molecule has 6 heteroatoms. The first-order chi connectivity index (χ1) is 10.5. The summed E-state index contributed by atoms with van der Waals surface area (Å²) >= 11 is 12.1. The van der Waals surface area contributed by atoms with Crippen LogP contribution < -0.4 is 11.2 Å². The zero-order chi connectivity index (χ0) is 15.9. The van der Waals surface area contributed by atoms with Gasteiger partial charge in [-0.25, -0.2) is 4.79 Å². The molecule has 2 aromatic carbocycles. The molecular weight excluding hydrogens is 323 g/mol. The van der Waals surface area contributed by atoms with Gasteiger partial charge in [0.1, 0.15) is 0 Å². The van der Waals surface area contributed by atoms with E-state index >= 15 is 0 Å². The number of aromatic amines is 1. The van der Waals surface area contributed by atoms with E-state index in [1.165, 1.54) is 10.6 Å². The maximum atomic E-state index is 12.2. The SMILES string of the molecule is Cc1ccccc1Cn1c(=O)[nH]c(=O)c2c(Cl)cc(Cl)cc21. The van der Waals surface area contributed by atoms with Crippen LogP contribution in [0.1, 0.15) is 11.1 Å². The van der Waals surface area contributed by atoms with Gasteiger partial charge in [0.2, 0.25) is 0 Å². The lowest BCUT2D eigenvalue weighted by atomic mass is 10.1. The normalized spacial score (nSPS) is 11.0. The fourth-order valence-electron chi connectivity index (χ4n) is 2.45. The molecule has 0 fully saturated rings. The minimum Gasteiger partial charge on any atom is -0.289 e. The summed E-state index contributed by atoms with van der Waals surface area (Å²) < 4.78 is 1.47. The minimum atomic E-state index is -0.511. The van der Waals surface area contributed by atoms with Gasteiger partial charge in [-0.3, -0.25) is 14.3 Å². The lowest BCUT2D eigenvalue weighted by molar-refractivity contribution is 0.752. The third-order valence-corrected chi connectivity index (χ3v) is 4.12. The van der Waals surface area contributed by atoms with Gasteiger partial charge >= 0.3 is 5.69 Å². The van der Waals surface area contributed by atoms with Gasteiger partial charge in [-0.2, -0.15) is 0 Å². The van der Waals surface area contributed by atoms with Crippen LogP contribution in [0.15, 0.2) is 46.0 Å². The summed E-state index contributed by atoms with van der Waals surface area (Å²) in [6.07, 6.45) is 0. The number of aromatic nitrogens is 2. The second-order valence-electron chi connectivity index (χ2n) is 5.05. The Morgan fingerprint density at radius 3 is 2.59 bits per heavy atom. The van der Waals surface area contributed by atoms with Gasteiger partial charge in [-0.15, -0.1) is 0 Å². The Hall–Kier alpha value is -2.04. The lowest BCUT2D eigenvalue weighted by Crippen LogP contribution is -2.31. The molecule has 22 heavy (non-hydrogen) atoms. The number of nitrogens with zero attached hydrogens (tertiary/aromatic N) is 1. The highest BCUT2D eigenvalue weighted by atomic mass is 35.5. The van der Waals surface area contributed by atoms with E-state index in [2.05, 4.69) is 4.98 Å². The number of aryl methyl sites for hydroxylation is 1. The molecule has 0 unspecified atom stereocenters. The average Bonchev–Trinajstić information content (AvgIpc) is 2.44. The highest BCUT2D eigenvalue weighted by Crippen LogP contribution is 2.25. The van der Waals surface area contributed by atoms with Crippen LogP contribution in [0.2, 0.25) is 10.0 Å². The number of benzene rings is 2. The van der Waals surface area contributed by atoms with Crippen molar-refractivity contribution in [3.8, 4) is 0 Å². The molecule has 0 atom stereocenters. The van der Waals surface area contributed by atoms with Gasteiger partial charge < -0.3 is 0 Å². The van der Waals surface area contributed by atoms with Crippen LogP contribution in [-0.4, -0.2) is 9.55 Å². The van der Waals surface area contributed by atoms with Gasteiger partial charge in [-0.1, -0.05) is 47.5 Å². The second-order valence-corrected chi connectivity index (χ2v) is 5.90. The Bertz CT molecular complexity index is 990. The van der Waals surface area contributed by atoms with E-state index in [1.54, 1.807) is 6.07 Å². The fraction of sp³-hybridized carbons (Fsp3) is 0.125. The van der Waals surface area contributed by atoms with Crippen molar-refractivity contribution < 1.29 is 0 Å². The molecule has 0 aliphatic carbocycles. The van der Waals surface area contributed by atoms with E-state index in [1.807, 2.05) is 31.2 Å². The first kappa shape index (κ1) is 14.9. The first-order valence-electron chi connectivity index (χ1n) is 6.64. The van der Waals surface area contributed by atoms with Crippen LogP contribution in [0.4, 0.5) is 0 Å². The van der Waals surface area contributed by atoms with Crippen molar-refractivity contribution in [1.82, 2.24) is 9.55 Å². The Morgan fingerprint density at radius 1 is 1.14 bits per heavy atom. The first-order valence-corrected chi connectivity index (χ1v) is 7.39. The molecule has 0 amide bonds. The molecule has 1 N–H and O–H groups in total. The van der Waals surface area contributed by atoms with E-state index in [-0.39, 0.29) is 10.4 Å². The molecular formula is C16H12Cl2N2O2. The van der Waals surface area contributed by atoms with Crippen LogP contribution in [0.3, 0.4) is 0 Å². The molecule has 0 spiro atoms. The third-order valence-electron chi connectivity index (χ3n) is 3.61. The van der Waals surface area contributed by atoms with Gasteiger partial charge in [0.25, 0.3) is 5.56 Å². The van der Waals surface area contributed by atoms with Gasteiger partial charge in [-0.05, 0) is 30.2 Å². The van der Waals surface area contributed by atoms with Crippen molar-refractivity contribution >= 4 is 34.1 Å². The zero-order valence-corrected chi connectivity index (χ0v) is 13.2. The number of hydrogen-bond acceptors (Lipinski definition) is 2. The van der Waals surface area contributed by atoms with E-state index in [9.17, 15) is 9.59 Å². The molecule has 0 bridgehead atoms. The van der Waals surface area contributed by atoms with Crippen LogP contribution in [0, 0.1) is 6.92 Å². The van der Waals surface area contributed by atoms with Gasteiger partial charge in [0.05, 0.1) is 22.5 Å². The molecule has 3 rings (SSSR count). The Balaban J connectivity index is 2.32. The van der Waals surface area contributed by atoms with Crippen molar-refractivity contribution in [1.29, 1.82) is 0 Å². The highest BCUT2D eigenvalue weighted by molar-refractivity contribution is 6.38. The topological polar surface area (TPSA) is 54.9 Å². The molecule has 112 valence electrons. The van der Waals surface area contributed by atoms with Gasteiger partial charge in [0, 0.05) is 5.02 Å². The van der Waals surface area contributed by atoms with Crippen molar-refractivity contribution in [3.63, 3.8) is 0 Å². The number of halogens is 2. The monoisotopic (exact) mass is 334 g/mol. The van der Waals surface area contributed by atoms with Crippen molar-refractivity contribution in [2.45, 2.75) is 13.5 Å². The summed E-state index contributed by atoms with van der Waals surface area (Å²) in [4.78, 5) is 26.5. The van der Waals surface area contributed by atoms with E-state index in [0.717, 1.165) is 11.1 Å². The van der Waals surface area contributed by atoms with Crippen LogP contribution in [-0.2, 0) is 6.54 Å². The van der Waals surface area contributed by atoms with Crippen molar-refractivity contribution in [2.24, 2.45) is 0 Å². The van der Waals surface area contributed by atoms with Crippen LogP contribution in [0.25, 0.3) is 10.9 Å². The largest absolute Gasteiger partial charge is 0.329 e. The fourth-order valence-corrected chi connectivity index (χ4v) is 3.02. The Kier molecular flexibility index (Phi) is 3.81. The van der Waals surface area contributed by atoms with Crippen LogP contribution in [0.5, 0.6) is 0 Å². The summed E-state index contributed by atoms with van der Waals surface area (Å²) in [6.45, 7) is 2.30.